The van der Waals surface area contributed by atoms with Crippen LogP contribution in [0.1, 0.15) is 68.9 Å². The number of carbonyl (C=O) groups is 2. The Balaban J connectivity index is 2.24. The number of piperidine rings is 1. The van der Waals surface area contributed by atoms with Crippen LogP contribution in [0.4, 0.5) is 0 Å². The van der Waals surface area contributed by atoms with Crippen molar-refractivity contribution in [2.45, 2.75) is 78.3 Å². The average Bonchev–Trinajstić information content (AvgIpc) is 2.67. The van der Waals surface area contributed by atoms with E-state index < -0.39 is 16.0 Å². The Hall–Kier alpha value is -1.93. The van der Waals surface area contributed by atoms with E-state index in [2.05, 4.69) is 6.92 Å². The number of esters is 1. The van der Waals surface area contributed by atoms with Crippen molar-refractivity contribution in [1.29, 1.82) is 0 Å². The van der Waals surface area contributed by atoms with Crippen LogP contribution in [0.5, 0.6) is 0 Å². The fourth-order valence-electron chi connectivity index (χ4n) is 4.03. The number of nitrogens with zero attached hydrogens (tertiary/aromatic N) is 2. The monoisotopic (exact) mass is 452 g/mol. The first kappa shape index (κ1) is 25.3. The smallest absolute Gasteiger partial charge is 0.338 e. The fourth-order valence-corrected chi connectivity index (χ4v) is 5.83. The lowest BCUT2D eigenvalue weighted by molar-refractivity contribution is -0.138. The van der Waals surface area contributed by atoms with Gasteiger partial charge in [0.15, 0.2) is 6.61 Å². The van der Waals surface area contributed by atoms with Crippen LogP contribution >= 0.6 is 0 Å². The van der Waals surface area contributed by atoms with Crippen molar-refractivity contribution < 1.29 is 22.7 Å². The zero-order valence-electron chi connectivity index (χ0n) is 19.8. The molecule has 0 atom stereocenters. The van der Waals surface area contributed by atoms with E-state index in [9.17, 15) is 18.0 Å². The molecule has 1 amide bonds. The maximum absolute atomic E-state index is 13.3. The lowest BCUT2D eigenvalue weighted by Gasteiger charge is -2.30. The number of ether oxygens (including phenoxy) is 1. The highest BCUT2D eigenvalue weighted by molar-refractivity contribution is 7.89. The third-order valence-electron chi connectivity index (χ3n) is 5.94. The van der Waals surface area contributed by atoms with Gasteiger partial charge in [0.2, 0.25) is 10.0 Å². The summed E-state index contributed by atoms with van der Waals surface area (Å²) in [5, 5.41) is 0. The number of hydrogen-bond donors (Lipinski definition) is 0. The van der Waals surface area contributed by atoms with Gasteiger partial charge in [-0.1, -0.05) is 6.92 Å². The van der Waals surface area contributed by atoms with Crippen molar-refractivity contribution in [3.05, 3.63) is 28.8 Å². The van der Waals surface area contributed by atoms with E-state index in [1.807, 2.05) is 27.7 Å². The van der Waals surface area contributed by atoms with Gasteiger partial charge in [-0.3, -0.25) is 4.79 Å². The Morgan fingerprint density at radius 3 is 2.16 bits per heavy atom. The molecule has 1 heterocycles. The molecule has 8 heteroatoms. The maximum atomic E-state index is 13.3. The van der Waals surface area contributed by atoms with Crippen molar-refractivity contribution in [3.8, 4) is 0 Å². The number of amides is 1. The summed E-state index contributed by atoms with van der Waals surface area (Å²) >= 11 is 0. The predicted octanol–water partition coefficient (Wildman–Crippen LogP) is 3.53. The maximum Gasteiger partial charge on any atom is 0.338 e. The second kappa shape index (κ2) is 10.1. The standard InChI is InChI=1S/C23H36N2O5S/c1-15(2)25(16(3)4)22(26)14-30-23(27)20-12-18(6)19(7)21(13-20)31(28,29)24-10-8-17(5)9-11-24/h12-13,15-17H,8-11,14H2,1-7H3. The van der Waals surface area contributed by atoms with Crippen molar-refractivity contribution in [2.24, 2.45) is 5.92 Å². The molecule has 1 aromatic rings. The van der Waals surface area contributed by atoms with Crippen LogP contribution in [-0.4, -0.2) is 61.3 Å². The Kier molecular flexibility index (Phi) is 8.27. The Morgan fingerprint density at radius 1 is 1.10 bits per heavy atom. The van der Waals surface area contributed by atoms with Gasteiger partial charge in [-0.2, -0.15) is 4.31 Å². The number of rotatable bonds is 7. The molecule has 0 aromatic heterocycles. The fraction of sp³-hybridized carbons (Fsp3) is 0.652. The van der Waals surface area contributed by atoms with Crippen LogP contribution in [0.25, 0.3) is 0 Å². The van der Waals surface area contributed by atoms with Crippen LogP contribution in [0.2, 0.25) is 0 Å². The molecule has 0 bridgehead atoms. The van der Waals surface area contributed by atoms with Gasteiger partial charge in [0, 0.05) is 25.2 Å². The van der Waals surface area contributed by atoms with Crippen LogP contribution < -0.4 is 0 Å². The normalized spacial score (nSPS) is 16.0. The van der Waals surface area contributed by atoms with Crippen LogP contribution in [0.3, 0.4) is 0 Å². The van der Waals surface area contributed by atoms with Gasteiger partial charge in [0.1, 0.15) is 0 Å². The molecular formula is C23H36N2O5S. The molecule has 1 fully saturated rings. The summed E-state index contributed by atoms with van der Waals surface area (Å²) in [6, 6.07) is 2.96. The summed E-state index contributed by atoms with van der Waals surface area (Å²) in [5.41, 5.74) is 1.45. The summed E-state index contributed by atoms with van der Waals surface area (Å²) < 4.78 is 33.3. The molecule has 2 rings (SSSR count). The number of hydrogen-bond acceptors (Lipinski definition) is 5. The number of aryl methyl sites for hydroxylation is 1. The largest absolute Gasteiger partial charge is 0.452 e. The van der Waals surface area contributed by atoms with Gasteiger partial charge in [-0.15, -0.1) is 0 Å². The van der Waals surface area contributed by atoms with E-state index in [1.54, 1.807) is 24.8 Å². The Bertz CT molecular complexity index is 908. The van der Waals surface area contributed by atoms with E-state index in [-0.39, 0.29) is 35.1 Å². The van der Waals surface area contributed by atoms with Gasteiger partial charge in [0.05, 0.1) is 10.5 Å². The third kappa shape index (κ3) is 5.86. The highest BCUT2D eigenvalue weighted by atomic mass is 32.2. The average molecular weight is 453 g/mol. The zero-order valence-corrected chi connectivity index (χ0v) is 20.6. The number of sulfonamides is 1. The topological polar surface area (TPSA) is 84.0 Å². The Morgan fingerprint density at radius 2 is 1.65 bits per heavy atom. The SMILES string of the molecule is Cc1cc(C(=O)OCC(=O)N(C(C)C)C(C)C)cc(S(=O)(=O)N2CCC(C)CC2)c1C. The molecule has 1 aliphatic heterocycles. The molecule has 174 valence electrons. The van der Waals surface area contributed by atoms with Crippen LogP contribution in [-0.2, 0) is 19.6 Å². The molecule has 0 radical (unpaired) electrons. The van der Waals surface area contributed by atoms with E-state index in [4.69, 9.17) is 4.74 Å². The summed E-state index contributed by atoms with van der Waals surface area (Å²) in [5.74, 6) is -0.477. The summed E-state index contributed by atoms with van der Waals surface area (Å²) in [4.78, 5) is 26.9. The molecule has 1 saturated heterocycles. The summed E-state index contributed by atoms with van der Waals surface area (Å²) in [6.07, 6.45) is 1.65. The van der Waals surface area contributed by atoms with Crippen LogP contribution in [0.15, 0.2) is 17.0 Å². The second-order valence-electron chi connectivity index (χ2n) is 9.07. The highest BCUT2D eigenvalue weighted by Gasteiger charge is 2.31. The molecular weight excluding hydrogens is 416 g/mol. The lowest BCUT2D eigenvalue weighted by atomic mass is 10.0. The van der Waals surface area contributed by atoms with E-state index in [1.165, 1.54) is 10.4 Å². The highest BCUT2D eigenvalue weighted by Crippen LogP contribution is 2.28. The zero-order chi connectivity index (χ0) is 23.5. The first-order valence-corrected chi connectivity index (χ1v) is 12.4. The quantitative estimate of drug-likeness (QED) is 0.591. The molecule has 0 N–H and O–H groups in total. The minimum absolute atomic E-state index is 0.0168. The van der Waals surface area contributed by atoms with Crippen molar-refractivity contribution in [2.75, 3.05) is 19.7 Å². The van der Waals surface area contributed by atoms with E-state index >= 15 is 0 Å². The summed E-state index contributed by atoms with van der Waals surface area (Å²) in [6.45, 7) is 13.8. The second-order valence-corrected chi connectivity index (χ2v) is 11.0. The molecule has 0 unspecified atom stereocenters. The van der Waals surface area contributed by atoms with Crippen molar-refractivity contribution >= 4 is 21.9 Å². The number of benzene rings is 1. The van der Waals surface area contributed by atoms with Gasteiger partial charge in [-0.25, -0.2) is 13.2 Å². The molecule has 1 aliphatic rings. The van der Waals surface area contributed by atoms with Crippen LogP contribution in [0, 0.1) is 19.8 Å². The molecule has 0 saturated carbocycles. The Labute approximate surface area is 186 Å². The van der Waals surface area contributed by atoms with Gasteiger partial charge < -0.3 is 9.64 Å². The lowest BCUT2D eigenvalue weighted by Crippen LogP contribution is -2.44. The van der Waals surface area contributed by atoms with Gasteiger partial charge in [-0.05, 0) is 83.6 Å². The summed E-state index contributed by atoms with van der Waals surface area (Å²) in [7, 11) is -3.71. The first-order chi connectivity index (χ1) is 14.4. The molecule has 1 aromatic carbocycles. The molecule has 0 aliphatic carbocycles. The predicted molar refractivity (Wildman–Crippen MR) is 120 cm³/mol. The van der Waals surface area contributed by atoms with E-state index in [0.717, 1.165) is 12.8 Å². The third-order valence-corrected chi connectivity index (χ3v) is 7.97. The van der Waals surface area contributed by atoms with Crippen molar-refractivity contribution in [3.63, 3.8) is 0 Å². The minimum atomic E-state index is -3.71. The van der Waals surface area contributed by atoms with Gasteiger partial charge >= 0.3 is 5.97 Å². The van der Waals surface area contributed by atoms with Crippen molar-refractivity contribution in [1.82, 2.24) is 9.21 Å². The van der Waals surface area contributed by atoms with E-state index in [0.29, 0.717) is 30.1 Å². The molecule has 0 spiro atoms. The minimum Gasteiger partial charge on any atom is -0.452 e. The number of carbonyl (C=O) groups excluding carboxylic acids is 2. The first-order valence-electron chi connectivity index (χ1n) is 11.0. The molecule has 31 heavy (non-hydrogen) atoms. The van der Waals surface area contributed by atoms with Gasteiger partial charge in [0.25, 0.3) is 5.91 Å². The molecule has 7 nitrogen and oxygen atoms in total.